The third-order valence-corrected chi connectivity index (χ3v) is 4.45. The largest absolute Gasteiger partial charge is 0.173 e. The van der Waals surface area contributed by atoms with Gasteiger partial charge in [-0.1, -0.05) is 33.6 Å². The van der Waals surface area contributed by atoms with Crippen LogP contribution in [-0.2, 0) is 0 Å². The maximum absolute atomic E-state index is 4.79. The average Bonchev–Trinajstić information content (AvgIpc) is 2.14. The van der Waals surface area contributed by atoms with Gasteiger partial charge < -0.3 is 0 Å². The maximum Gasteiger partial charge on any atom is 0.0102 e. The van der Waals surface area contributed by atoms with Gasteiger partial charge in [-0.05, 0) is 43.9 Å². The van der Waals surface area contributed by atoms with E-state index in [1.54, 1.807) is 0 Å². The lowest BCUT2D eigenvalue weighted by molar-refractivity contribution is 0.265. The first-order chi connectivity index (χ1) is 6.57. The van der Waals surface area contributed by atoms with E-state index in [4.69, 9.17) is 12.6 Å². The summed E-state index contributed by atoms with van der Waals surface area (Å²) in [4.78, 5) is 0. The van der Waals surface area contributed by atoms with Gasteiger partial charge in [-0.3, -0.25) is 0 Å². The van der Waals surface area contributed by atoms with Gasteiger partial charge in [0.15, 0.2) is 0 Å². The lowest BCUT2D eigenvalue weighted by Gasteiger charge is -2.33. The van der Waals surface area contributed by atoms with E-state index >= 15 is 0 Å². The Morgan fingerprint density at radius 3 is 1.86 bits per heavy atom. The normalized spacial score (nSPS) is 40.3. The first kappa shape index (κ1) is 12.4. The second-order valence-corrected chi connectivity index (χ2v) is 6.44. The summed E-state index contributed by atoms with van der Waals surface area (Å²) in [6.45, 7) is 7.00. The van der Waals surface area contributed by atoms with Gasteiger partial charge in [0.1, 0.15) is 0 Å². The van der Waals surface area contributed by atoms with Gasteiger partial charge in [0, 0.05) is 4.75 Å². The van der Waals surface area contributed by atoms with Crippen molar-refractivity contribution in [3.05, 3.63) is 0 Å². The Morgan fingerprint density at radius 2 is 1.50 bits per heavy atom. The van der Waals surface area contributed by atoms with E-state index in [0.29, 0.717) is 4.75 Å². The topological polar surface area (TPSA) is 0 Å². The zero-order chi connectivity index (χ0) is 10.6. The zero-order valence-corrected chi connectivity index (χ0v) is 10.9. The molecule has 14 heavy (non-hydrogen) atoms. The number of thiol groups is 1. The van der Waals surface area contributed by atoms with Gasteiger partial charge in [-0.2, -0.15) is 12.6 Å². The van der Waals surface area contributed by atoms with Gasteiger partial charge in [0.05, 0.1) is 0 Å². The zero-order valence-electron chi connectivity index (χ0n) is 10.1. The molecule has 0 N–H and O–H groups in total. The summed E-state index contributed by atoms with van der Waals surface area (Å²) in [5.41, 5.74) is 0. The van der Waals surface area contributed by atoms with E-state index in [0.717, 1.165) is 11.8 Å². The first-order valence-electron chi connectivity index (χ1n) is 6.29. The molecule has 0 spiro atoms. The van der Waals surface area contributed by atoms with Crippen molar-refractivity contribution >= 4 is 12.6 Å². The van der Waals surface area contributed by atoms with Crippen molar-refractivity contribution in [1.29, 1.82) is 0 Å². The monoisotopic (exact) mass is 214 g/mol. The van der Waals surface area contributed by atoms with Crippen molar-refractivity contribution in [3.8, 4) is 0 Å². The molecule has 0 aromatic carbocycles. The molecule has 0 bridgehead atoms. The summed E-state index contributed by atoms with van der Waals surface area (Å²) in [6.07, 6.45) is 9.60. The minimum absolute atomic E-state index is 0.307. The summed E-state index contributed by atoms with van der Waals surface area (Å²) in [5, 5.41) is 0. The molecule has 0 saturated heterocycles. The van der Waals surface area contributed by atoms with Crippen molar-refractivity contribution < 1.29 is 0 Å². The molecule has 1 rings (SSSR count). The molecule has 0 heterocycles. The average molecular weight is 214 g/mol. The molecule has 1 aliphatic carbocycles. The van der Waals surface area contributed by atoms with Crippen LogP contribution in [0.1, 0.15) is 65.7 Å². The molecule has 0 amide bonds. The third-order valence-electron chi connectivity index (χ3n) is 4.00. The fourth-order valence-corrected chi connectivity index (χ4v) is 2.86. The van der Waals surface area contributed by atoms with Gasteiger partial charge in [0.25, 0.3) is 0 Å². The fourth-order valence-electron chi connectivity index (χ4n) is 2.60. The fraction of sp³-hybridized carbons (Fsp3) is 1.00. The standard InChI is InChI=1S/C13H26S/c1-4-11-6-8-13(3,14)9-7-12(5-2)10-11/h11-12,14H,4-10H2,1-3H3. The third kappa shape index (κ3) is 3.84. The molecule has 0 aliphatic heterocycles. The summed E-state index contributed by atoms with van der Waals surface area (Å²) in [6, 6.07) is 0. The van der Waals surface area contributed by atoms with E-state index in [1.165, 1.54) is 44.9 Å². The molecule has 1 saturated carbocycles. The summed E-state index contributed by atoms with van der Waals surface area (Å²) in [5.74, 6) is 1.93. The molecule has 2 atom stereocenters. The Labute approximate surface area is 95.3 Å². The molecule has 1 fully saturated rings. The second kappa shape index (κ2) is 5.44. The summed E-state index contributed by atoms with van der Waals surface area (Å²) >= 11 is 4.79. The van der Waals surface area contributed by atoms with Crippen LogP contribution in [0, 0.1) is 11.8 Å². The van der Waals surface area contributed by atoms with E-state index in [2.05, 4.69) is 20.8 Å². The molecule has 2 unspecified atom stereocenters. The van der Waals surface area contributed by atoms with Crippen LogP contribution in [-0.4, -0.2) is 4.75 Å². The highest BCUT2D eigenvalue weighted by Gasteiger charge is 2.26. The van der Waals surface area contributed by atoms with Crippen molar-refractivity contribution in [2.45, 2.75) is 70.5 Å². The molecule has 84 valence electrons. The van der Waals surface area contributed by atoms with E-state index in [9.17, 15) is 0 Å². The Morgan fingerprint density at radius 1 is 1.07 bits per heavy atom. The second-order valence-electron chi connectivity index (χ2n) is 5.36. The van der Waals surface area contributed by atoms with Crippen LogP contribution in [0.4, 0.5) is 0 Å². The number of hydrogen-bond donors (Lipinski definition) is 1. The number of rotatable bonds is 2. The summed E-state index contributed by atoms with van der Waals surface area (Å²) in [7, 11) is 0. The van der Waals surface area contributed by atoms with Crippen molar-refractivity contribution in [1.82, 2.24) is 0 Å². The number of hydrogen-bond acceptors (Lipinski definition) is 1. The minimum Gasteiger partial charge on any atom is -0.173 e. The highest BCUT2D eigenvalue weighted by molar-refractivity contribution is 7.81. The smallest absolute Gasteiger partial charge is 0.0102 e. The molecule has 1 heteroatoms. The van der Waals surface area contributed by atoms with Crippen molar-refractivity contribution in [2.24, 2.45) is 11.8 Å². The van der Waals surface area contributed by atoms with E-state index < -0.39 is 0 Å². The van der Waals surface area contributed by atoms with Gasteiger partial charge in [-0.25, -0.2) is 0 Å². The van der Waals surface area contributed by atoms with Crippen LogP contribution in [0.3, 0.4) is 0 Å². The van der Waals surface area contributed by atoms with Crippen molar-refractivity contribution in [3.63, 3.8) is 0 Å². The highest BCUT2D eigenvalue weighted by Crippen LogP contribution is 2.37. The van der Waals surface area contributed by atoms with Gasteiger partial charge >= 0.3 is 0 Å². The molecule has 1 aliphatic rings. The minimum atomic E-state index is 0.307. The first-order valence-corrected chi connectivity index (χ1v) is 6.74. The Balaban J connectivity index is 2.54. The lowest BCUT2D eigenvalue weighted by Crippen LogP contribution is -2.24. The van der Waals surface area contributed by atoms with E-state index in [1.807, 2.05) is 0 Å². The van der Waals surface area contributed by atoms with Crippen LogP contribution in [0.2, 0.25) is 0 Å². The summed E-state index contributed by atoms with van der Waals surface area (Å²) < 4.78 is 0.307. The van der Waals surface area contributed by atoms with Crippen LogP contribution >= 0.6 is 12.6 Å². The van der Waals surface area contributed by atoms with Crippen LogP contribution in [0.5, 0.6) is 0 Å². The lowest BCUT2D eigenvalue weighted by atomic mass is 9.78. The van der Waals surface area contributed by atoms with Gasteiger partial charge in [-0.15, -0.1) is 0 Å². The highest BCUT2D eigenvalue weighted by atomic mass is 32.1. The molecular weight excluding hydrogens is 188 g/mol. The molecule has 0 radical (unpaired) electrons. The maximum atomic E-state index is 4.79. The Kier molecular flexibility index (Phi) is 4.82. The predicted molar refractivity (Wildman–Crippen MR) is 68.0 cm³/mol. The molecule has 0 aromatic rings. The van der Waals surface area contributed by atoms with E-state index in [-0.39, 0.29) is 0 Å². The van der Waals surface area contributed by atoms with Crippen LogP contribution in [0.15, 0.2) is 0 Å². The molecule has 0 aromatic heterocycles. The SMILES string of the molecule is CCC1CCC(C)(S)CCC(CC)C1. The Hall–Kier alpha value is 0.350. The van der Waals surface area contributed by atoms with Gasteiger partial charge in [0.2, 0.25) is 0 Å². The van der Waals surface area contributed by atoms with Crippen LogP contribution < -0.4 is 0 Å². The molecular formula is C13H26S. The molecule has 0 nitrogen and oxygen atoms in total. The van der Waals surface area contributed by atoms with Crippen molar-refractivity contribution in [2.75, 3.05) is 0 Å². The Bertz CT molecular complexity index is 147. The van der Waals surface area contributed by atoms with Crippen LogP contribution in [0.25, 0.3) is 0 Å². The predicted octanol–water partition coefficient (Wildman–Crippen LogP) is 4.69. The quantitative estimate of drug-likeness (QED) is 0.633.